The maximum atomic E-state index is 12.5. The maximum absolute atomic E-state index is 12.5. The lowest BCUT2D eigenvalue weighted by atomic mass is 9.96. The summed E-state index contributed by atoms with van der Waals surface area (Å²) in [4.78, 5) is 28.1. The first-order chi connectivity index (χ1) is 19.5. The van der Waals surface area contributed by atoms with Gasteiger partial charge >= 0.3 is 6.18 Å². The van der Waals surface area contributed by atoms with E-state index in [2.05, 4.69) is 22.9 Å². The van der Waals surface area contributed by atoms with Gasteiger partial charge in [-0.1, -0.05) is 30.8 Å². The lowest BCUT2D eigenvalue weighted by Crippen LogP contribution is -2.34. The van der Waals surface area contributed by atoms with Crippen molar-refractivity contribution >= 4 is 34.2 Å². The number of hydrogen-bond donors (Lipinski definition) is 3. The van der Waals surface area contributed by atoms with E-state index in [4.69, 9.17) is 10.5 Å². The van der Waals surface area contributed by atoms with Crippen LogP contribution in [0.3, 0.4) is 0 Å². The maximum Gasteiger partial charge on any atom is 0.405 e. The van der Waals surface area contributed by atoms with Gasteiger partial charge in [-0.3, -0.25) is 9.59 Å². The second-order valence-electron chi connectivity index (χ2n) is 9.04. The predicted octanol–water partition coefficient (Wildman–Crippen LogP) is 4.72. The molecule has 0 unspecified atom stereocenters. The summed E-state index contributed by atoms with van der Waals surface area (Å²) in [7, 11) is 3.17. The summed E-state index contributed by atoms with van der Waals surface area (Å²) < 4.78 is 44.9. The highest BCUT2D eigenvalue weighted by molar-refractivity contribution is 6.11. The summed E-state index contributed by atoms with van der Waals surface area (Å²) in [5, 5.41) is 14.9. The molecule has 4 N–H and O–H groups in total. The van der Waals surface area contributed by atoms with Crippen LogP contribution >= 0.6 is 0 Å². The first-order valence-electron chi connectivity index (χ1n) is 12.2. The molecule has 2 amide bonds. The third kappa shape index (κ3) is 5.99. The van der Waals surface area contributed by atoms with Crippen molar-refractivity contribution in [2.45, 2.75) is 12.6 Å². The van der Waals surface area contributed by atoms with Gasteiger partial charge < -0.3 is 25.7 Å². The second kappa shape index (κ2) is 11.4. The molecule has 4 aromatic rings. The van der Waals surface area contributed by atoms with E-state index in [0.29, 0.717) is 44.5 Å². The van der Waals surface area contributed by atoms with Crippen molar-refractivity contribution in [3.05, 3.63) is 72.4 Å². The van der Waals surface area contributed by atoms with Crippen molar-refractivity contribution in [1.82, 2.24) is 14.9 Å². The number of nitrogens with two attached hydrogens (primary N) is 1. The third-order valence-corrected chi connectivity index (χ3v) is 6.38. The molecule has 0 saturated carbocycles. The fourth-order valence-electron chi connectivity index (χ4n) is 4.59. The Labute approximate surface area is 233 Å². The number of nitrogens with zero attached hydrogens (tertiary/aromatic N) is 3. The van der Waals surface area contributed by atoms with Crippen molar-refractivity contribution in [2.75, 3.05) is 24.7 Å². The van der Waals surface area contributed by atoms with Crippen LogP contribution in [-0.2, 0) is 23.1 Å². The number of fused-ring (bicyclic) bond motifs is 1. The van der Waals surface area contributed by atoms with E-state index < -0.39 is 18.6 Å². The number of halogens is 3. The molecular weight excluding hydrogens is 537 g/mol. The second-order valence-corrected chi connectivity index (χ2v) is 9.04. The van der Waals surface area contributed by atoms with Crippen LogP contribution in [0.2, 0.25) is 0 Å². The van der Waals surface area contributed by atoms with Crippen LogP contribution in [0.4, 0.5) is 24.7 Å². The van der Waals surface area contributed by atoms with E-state index in [0.717, 1.165) is 11.6 Å². The van der Waals surface area contributed by atoms with Gasteiger partial charge in [-0.2, -0.15) is 18.4 Å². The van der Waals surface area contributed by atoms with Crippen molar-refractivity contribution in [3.8, 4) is 34.2 Å². The normalized spacial score (nSPS) is 11.1. The molecule has 210 valence electrons. The van der Waals surface area contributed by atoms with Crippen molar-refractivity contribution in [1.29, 1.82) is 5.26 Å². The number of ether oxygens (including phenoxy) is 1. The molecule has 0 saturated heterocycles. The highest BCUT2D eigenvalue weighted by Crippen LogP contribution is 2.44. The van der Waals surface area contributed by atoms with E-state index in [-0.39, 0.29) is 23.9 Å². The van der Waals surface area contributed by atoms with Crippen LogP contribution in [0, 0.1) is 11.3 Å². The largest absolute Gasteiger partial charge is 0.496 e. The molecule has 9 nitrogen and oxygen atoms in total. The van der Waals surface area contributed by atoms with E-state index in [1.54, 1.807) is 49.5 Å². The van der Waals surface area contributed by atoms with Crippen molar-refractivity contribution in [3.63, 3.8) is 0 Å². The van der Waals surface area contributed by atoms with Crippen LogP contribution in [0.25, 0.3) is 33.3 Å². The standard InChI is InChI=1S/C29H25F3N6O3/c1-4-22(39)37-20-9-7-16(8-10-20)26-24(25-27(38(26)2)19(13-33)14-35-28(25)34)18-6-5-17(21(11-18)41-3)12-23(40)36-15-29(30,31)32/h4-11,14H,1,12,15H2,2-3H3,(H2,34,35)(H,36,40)(H,37,39). The number of methoxy groups -OCH3 is 1. The van der Waals surface area contributed by atoms with Gasteiger partial charge in [0.05, 0.1) is 35.7 Å². The zero-order valence-corrected chi connectivity index (χ0v) is 22.1. The van der Waals surface area contributed by atoms with Crippen LogP contribution < -0.4 is 21.1 Å². The highest BCUT2D eigenvalue weighted by atomic mass is 19.4. The number of carbonyl (C=O) groups is 2. The Morgan fingerprint density at radius 1 is 1.20 bits per heavy atom. The number of pyridine rings is 1. The monoisotopic (exact) mass is 562 g/mol. The molecule has 41 heavy (non-hydrogen) atoms. The molecule has 0 spiro atoms. The van der Waals surface area contributed by atoms with Gasteiger partial charge in [0.2, 0.25) is 11.8 Å². The van der Waals surface area contributed by atoms with E-state index in [9.17, 15) is 28.0 Å². The molecule has 0 bridgehead atoms. The molecule has 0 fully saturated rings. The molecule has 2 heterocycles. The number of hydrogen-bond acceptors (Lipinski definition) is 6. The zero-order valence-electron chi connectivity index (χ0n) is 22.1. The van der Waals surface area contributed by atoms with E-state index >= 15 is 0 Å². The van der Waals surface area contributed by atoms with Gasteiger partial charge in [-0.25, -0.2) is 4.98 Å². The number of aromatic nitrogens is 2. The number of carbonyl (C=O) groups excluding carboxylic acids is 2. The molecule has 0 aliphatic rings. The summed E-state index contributed by atoms with van der Waals surface area (Å²) in [5.74, 6) is -0.715. The number of nitrogen functional groups attached to an aromatic ring is 1. The number of benzene rings is 2. The van der Waals surface area contributed by atoms with Crippen LogP contribution in [0.1, 0.15) is 11.1 Å². The quantitative estimate of drug-likeness (QED) is 0.266. The minimum absolute atomic E-state index is 0.181. The highest BCUT2D eigenvalue weighted by Gasteiger charge is 2.28. The zero-order chi connectivity index (χ0) is 29.9. The Hall–Kier alpha value is -5.31. The summed E-state index contributed by atoms with van der Waals surface area (Å²) in [6, 6.07) is 14.1. The number of nitrogens with one attached hydrogen (secondary N) is 2. The number of alkyl halides is 3. The number of anilines is 2. The minimum atomic E-state index is -4.53. The van der Waals surface area contributed by atoms with Gasteiger partial charge in [0.25, 0.3) is 0 Å². The molecule has 12 heteroatoms. The average Bonchev–Trinajstić information content (AvgIpc) is 3.26. The summed E-state index contributed by atoms with van der Waals surface area (Å²) >= 11 is 0. The first-order valence-corrected chi connectivity index (χ1v) is 12.2. The van der Waals surface area contributed by atoms with Gasteiger partial charge in [0.15, 0.2) is 0 Å². The van der Waals surface area contributed by atoms with Crippen molar-refractivity contribution < 1.29 is 27.5 Å². The summed E-state index contributed by atoms with van der Waals surface area (Å²) in [6.45, 7) is 2.01. The van der Waals surface area contributed by atoms with Gasteiger partial charge in [0.1, 0.15) is 24.2 Å². The van der Waals surface area contributed by atoms with E-state index in [1.807, 2.05) is 9.88 Å². The Morgan fingerprint density at radius 2 is 1.88 bits per heavy atom. The molecule has 0 radical (unpaired) electrons. The molecular formula is C29H25F3N6O3. The average molecular weight is 563 g/mol. The SMILES string of the molecule is C=CC(=O)Nc1ccc(-c2c(-c3ccc(CC(=O)NCC(F)(F)F)c(OC)c3)c3c(N)ncc(C#N)c3n2C)cc1. The number of amides is 2. The number of aryl methyl sites for hydroxylation is 1. The van der Waals surface area contributed by atoms with Gasteiger partial charge in [-0.05, 0) is 35.4 Å². The van der Waals surface area contributed by atoms with E-state index in [1.165, 1.54) is 13.3 Å². The molecule has 0 aliphatic heterocycles. The smallest absolute Gasteiger partial charge is 0.405 e. The molecule has 0 atom stereocenters. The summed E-state index contributed by atoms with van der Waals surface area (Å²) in [5.41, 5.74) is 10.7. The Morgan fingerprint density at radius 3 is 2.49 bits per heavy atom. The Bertz CT molecular complexity index is 1700. The minimum Gasteiger partial charge on any atom is -0.496 e. The molecule has 2 aromatic heterocycles. The van der Waals surface area contributed by atoms with Gasteiger partial charge in [-0.15, -0.1) is 0 Å². The first kappa shape index (κ1) is 28.7. The third-order valence-electron chi connectivity index (χ3n) is 6.38. The lowest BCUT2D eigenvalue weighted by molar-refractivity contribution is -0.138. The lowest BCUT2D eigenvalue weighted by Gasteiger charge is -2.14. The number of rotatable bonds is 8. The molecule has 0 aliphatic carbocycles. The summed E-state index contributed by atoms with van der Waals surface area (Å²) in [6.07, 6.45) is -2.31. The van der Waals surface area contributed by atoms with Crippen molar-refractivity contribution in [2.24, 2.45) is 7.05 Å². The fourth-order valence-corrected chi connectivity index (χ4v) is 4.59. The molecule has 2 aromatic carbocycles. The van der Waals surface area contributed by atoms with Crippen LogP contribution in [-0.4, -0.2) is 41.2 Å². The Kier molecular flexibility index (Phi) is 8.00. The molecule has 4 rings (SSSR count). The van der Waals surface area contributed by atoms with Gasteiger partial charge in [0, 0.05) is 30.1 Å². The van der Waals surface area contributed by atoms with Crippen LogP contribution in [0.15, 0.2) is 61.3 Å². The fraction of sp³-hybridized carbons (Fsp3) is 0.172. The Balaban J connectivity index is 1.87. The number of nitriles is 1. The van der Waals surface area contributed by atoms with Crippen LogP contribution in [0.5, 0.6) is 5.75 Å². The predicted molar refractivity (Wildman–Crippen MR) is 149 cm³/mol. The topological polar surface area (TPSA) is 135 Å².